The van der Waals surface area contributed by atoms with E-state index in [1.807, 2.05) is 0 Å². The topological polar surface area (TPSA) is 52.6 Å². The van der Waals surface area contributed by atoms with Crippen molar-refractivity contribution in [3.05, 3.63) is 34.6 Å². The van der Waals surface area contributed by atoms with E-state index < -0.39 is 5.82 Å². The zero-order chi connectivity index (χ0) is 13.8. The third kappa shape index (κ3) is 3.81. The number of aliphatic hydroxyl groups excluding tert-OH is 1. The molecule has 0 spiro atoms. The van der Waals surface area contributed by atoms with Gasteiger partial charge >= 0.3 is 6.03 Å². The van der Waals surface area contributed by atoms with E-state index in [1.54, 1.807) is 11.0 Å². The van der Waals surface area contributed by atoms with Gasteiger partial charge in [0.15, 0.2) is 0 Å². The van der Waals surface area contributed by atoms with E-state index in [0.29, 0.717) is 6.54 Å². The van der Waals surface area contributed by atoms with Crippen LogP contribution in [0, 0.1) is 5.82 Å². The van der Waals surface area contributed by atoms with Crippen molar-refractivity contribution in [2.45, 2.75) is 25.4 Å². The van der Waals surface area contributed by atoms with E-state index in [4.69, 9.17) is 16.7 Å². The highest BCUT2D eigenvalue weighted by Crippen LogP contribution is 2.26. The van der Waals surface area contributed by atoms with Crippen molar-refractivity contribution in [3.8, 4) is 0 Å². The molecule has 0 atom stereocenters. The maximum absolute atomic E-state index is 13.0. The molecule has 4 nitrogen and oxygen atoms in total. The van der Waals surface area contributed by atoms with E-state index in [1.165, 1.54) is 12.1 Å². The van der Waals surface area contributed by atoms with Crippen LogP contribution in [0.3, 0.4) is 0 Å². The van der Waals surface area contributed by atoms with Gasteiger partial charge in [-0.3, -0.25) is 0 Å². The molecule has 1 aromatic carbocycles. The van der Waals surface area contributed by atoms with Crippen molar-refractivity contribution in [1.82, 2.24) is 10.2 Å². The van der Waals surface area contributed by atoms with Gasteiger partial charge in [0.2, 0.25) is 0 Å². The molecule has 104 valence electrons. The molecule has 0 unspecified atom stereocenters. The average molecular weight is 287 g/mol. The summed E-state index contributed by atoms with van der Waals surface area (Å²) in [4.78, 5) is 13.6. The second-order valence-electron chi connectivity index (χ2n) is 4.56. The molecule has 6 heteroatoms. The number of benzene rings is 1. The number of urea groups is 1. The minimum atomic E-state index is -0.475. The second-order valence-corrected chi connectivity index (χ2v) is 4.96. The molecule has 0 saturated heterocycles. The molecular weight excluding hydrogens is 271 g/mol. The molecule has 0 heterocycles. The lowest BCUT2D eigenvalue weighted by Gasteiger charge is -2.21. The molecule has 1 aliphatic carbocycles. The predicted molar refractivity (Wildman–Crippen MR) is 70.5 cm³/mol. The quantitative estimate of drug-likeness (QED) is 0.871. The summed E-state index contributed by atoms with van der Waals surface area (Å²) in [5, 5.41) is 11.7. The van der Waals surface area contributed by atoms with Gasteiger partial charge in [0, 0.05) is 19.1 Å². The number of aliphatic hydroxyl groups is 1. The van der Waals surface area contributed by atoms with Gasteiger partial charge < -0.3 is 15.3 Å². The molecule has 2 rings (SSSR count). The van der Waals surface area contributed by atoms with E-state index in [0.717, 1.165) is 18.4 Å². The number of hydrogen-bond donors (Lipinski definition) is 2. The average Bonchev–Trinajstić information content (AvgIpc) is 3.21. The number of amides is 2. The summed E-state index contributed by atoms with van der Waals surface area (Å²) in [5.41, 5.74) is 0.736. The highest BCUT2D eigenvalue weighted by atomic mass is 35.5. The number of hydrogen-bond acceptors (Lipinski definition) is 2. The van der Waals surface area contributed by atoms with Crippen LogP contribution in [0.5, 0.6) is 0 Å². The van der Waals surface area contributed by atoms with Crippen LogP contribution in [0.1, 0.15) is 18.4 Å². The summed E-state index contributed by atoms with van der Waals surface area (Å²) in [7, 11) is 0. The zero-order valence-corrected chi connectivity index (χ0v) is 11.2. The van der Waals surface area contributed by atoms with Gasteiger partial charge in [0.25, 0.3) is 0 Å². The van der Waals surface area contributed by atoms with Crippen molar-refractivity contribution in [2.75, 3.05) is 13.2 Å². The number of rotatable bonds is 5. The lowest BCUT2D eigenvalue weighted by molar-refractivity contribution is 0.173. The van der Waals surface area contributed by atoms with E-state index in [-0.39, 0.29) is 30.2 Å². The van der Waals surface area contributed by atoms with Crippen LogP contribution in [-0.2, 0) is 6.54 Å². The molecular formula is C13H16ClFN2O2. The van der Waals surface area contributed by atoms with Crippen LogP contribution >= 0.6 is 11.6 Å². The van der Waals surface area contributed by atoms with Crippen LogP contribution < -0.4 is 5.32 Å². The monoisotopic (exact) mass is 286 g/mol. The molecule has 1 fully saturated rings. The molecule has 0 radical (unpaired) electrons. The number of nitrogens with one attached hydrogen (secondary N) is 1. The SMILES string of the molecule is O=C(NCc1ccc(F)c(Cl)c1)N(CCO)C1CC1. The summed E-state index contributed by atoms with van der Waals surface area (Å²) in [6.45, 7) is 0.570. The second kappa shape index (κ2) is 6.21. The Kier molecular flexibility index (Phi) is 4.61. The first-order chi connectivity index (χ1) is 9.11. The molecule has 19 heavy (non-hydrogen) atoms. The highest BCUT2D eigenvalue weighted by molar-refractivity contribution is 6.30. The van der Waals surface area contributed by atoms with Gasteiger partial charge in [-0.25, -0.2) is 9.18 Å². The number of halogens is 2. The van der Waals surface area contributed by atoms with Gasteiger partial charge in [-0.05, 0) is 30.5 Å². The maximum Gasteiger partial charge on any atom is 0.317 e. The van der Waals surface area contributed by atoms with Crippen molar-refractivity contribution < 1.29 is 14.3 Å². The van der Waals surface area contributed by atoms with Gasteiger partial charge in [-0.1, -0.05) is 17.7 Å². The van der Waals surface area contributed by atoms with Gasteiger partial charge in [0.1, 0.15) is 5.82 Å². The first kappa shape index (κ1) is 14.1. The fourth-order valence-electron chi connectivity index (χ4n) is 1.87. The fraction of sp³-hybridized carbons (Fsp3) is 0.462. The zero-order valence-electron chi connectivity index (χ0n) is 10.4. The minimum Gasteiger partial charge on any atom is -0.395 e. The summed E-state index contributed by atoms with van der Waals surface area (Å²) in [6, 6.07) is 4.37. The molecule has 0 bridgehead atoms. The molecule has 1 aromatic rings. The summed E-state index contributed by atoms with van der Waals surface area (Å²) >= 11 is 5.67. The predicted octanol–water partition coefficient (Wildman–Crippen LogP) is 2.15. The largest absolute Gasteiger partial charge is 0.395 e. The normalized spacial score (nSPS) is 14.3. The number of carbonyl (C=O) groups is 1. The molecule has 0 aromatic heterocycles. The molecule has 2 amide bonds. The van der Waals surface area contributed by atoms with Crippen LogP contribution in [0.15, 0.2) is 18.2 Å². The lowest BCUT2D eigenvalue weighted by atomic mass is 10.2. The van der Waals surface area contributed by atoms with Crippen molar-refractivity contribution in [2.24, 2.45) is 0 Å². The van der Waals surface area contributed by atoms with Gasteiger partial charge in [-0.15, -0.1) is 0 Å². The standard InChI is InChI=1S/C13H16ClFN2O2/c14-11-7-9(1-4-12(11)15)8-16-13(19)17(5-6-18)10-2-3-10/h1,4,7,10,18H,2-3,5-6,8H2,(H,16,19). The highest BCUT2D eigenvalue weighted by Gasteiger charge is 2.31. The first-order valence-corrected chi connectivity index (χ1v) is 6.59. The molecule has 1 aliphatic rings. The van der Waals surface area contributed by atoms with Crippen LogP contribution in [-0.4, -0.2) is 35.2 Å². The Morgan fingerprint density at radius 1 is 1.53 bits per heavy atom. The number of carbonyl (C=O) groups excluding carboxylic acids is 1. The maximum atomic E-state index is 13.0. The van der Waals surface area contributed by atoms with Gasteiger partial charge in [-0.2, -0.15) is 0 Å². The van der Waals surface area contributed by atoms with Gasteiger partial charge in [0.05, 0.1) is 11.6 Å². The molecule has 2 N–H and O–H groups in total. The first-order valence-electron chi connectivity index (χ1n) is 6.21. The number of nitrogens with zero attached hydrogens (tertiary/aromatic N) is 1. The van der Waals surface area contributed by atoms with Crippen molar-refractivity contribution in [1.29, 1.82) is 0 Å². The Morgan fingerprint density at radius 2 is 2.26 bits per heavy atom. The third-order valence-corrected chi connectivity index (χ3v) is 3.31. The molecule has 1 saturated carbocycles. The summed E-state index contributed by atoms with van der Waals surface area (Å²) < 4.78 is 13.0. The Hall–Kier alpha value is -1.33. The van der Waals surface area contributed by atoms with E-state index in [2.05, 4.69) is 5.32 Å². The summed E-state index contributed by atoms with van der Waals surface area (Å²) in [5.74, 6) is -0.475. The smallest absolute Gasteiger partial charge is 0.317 e. The van der Waals surface area contributed by atoms with E-state index in [9.17, 15) is 9.18 Å². The Bertz CT molecular complexity index is 466. The van der Waals surface area contributed by atoms with Crippen LogP contribution in [0.2, 0.25) is 5.02 Å². The van der Waals surface area contributed by atoms with E-state index >= 15 is 0 Å². The molecule has 0 aliphatic heterocycles. The fourth-order valence-corrected chi connectivity index (χ4v) is 2.08. The van der Waals surface area contributed by atoms with Crippen LogP contribution in [0.4, 0.5) is 9.18 Å². The van der Waals surface area contributed by atoms with Crippen molar-refractivity contribution >= 4 is 17.6 Å². The van der Waals surface area contributed by atoms with Crippen molar-refractivity contribution in [3.63, 3.8) is 0 Å². The third-order valence-electron chi connectivity index (χ3n) is 3.02. The van der Waals surface area contributed by atoms with Crippen LogP contribution in [0.25, 0.3) is 0 Å². The Labute approximate surface area is 116 Å². The lowest BCUT2D eigenvalue weighted by Crippen LogP contribution is -2.42. The Balaban J connectivity index is 1.89. The minimum absolute atomic E-state index is 0.0427. The Morgan fingerprint density at radius 3 is 2.84 bits per heavy atom. The summed E-state index contributed by atoms with van der Waals surface area (Å²) in [6.07, 6.45) is 1.96.